The van der Waals surface area contributed by atoms with E-state index in [0.717, 1.165) is 3.93 Å². The van der Waals surface area contributed by atoms with Gasteiger partial charge >= 0.3 is 83.0 Å². The van der Waals surface area contributed by atoms with E-state index in [0.29, 0.717) is 6.54 Å². The number of amides is 1. The van der Waals surface area contributed by atoms with E-state index in [4.69, 9.17) is 13.0 Å². The summed E-state index contributed by atoms with van der Waals surface area (Å²) in [5, 5.41) is 2.69. The van der Waals surface area contributed by atoms with E-state index in [1.807, 2.05) is 0 Å². The summed E-state index contributed by atoms with van der Waals surface area (Å²) in [6.07, 6.45) is 0.137. The number of carbonyl (C=O) groups is 1. The third-order valence-electron chi connectivity index (χ3n) is 1.34. The molecule has 0 saturated heterocycles. The van der Waals surface area contributed by atoms with Gasteiger partial charge in [0.1, 0.15) is 0 Å². The Kier molecular flexibility index (Phi) is 7.75. The molecule has 1 amide bonds. The third-order valence-corrected chi connectivity index (χ3v) is 6.61. The average molecular weight is 366 g/mol. The molecule has 0 fully saturated rings. The predicted octanol–water partition coefficient (Wildman–Crippen LogP) is 0.792. The van der Waals surface area contributed by atoms with Crippen molar-refractivity contribution in [2.45, 2.75) is 17.0 Å². The van der Waals surface area contributed by atoms with Crippen LogP contribution in [0.1, 0.15) is 6.92 Å². The molecule has 1 atom stereocenters. The standard InChI is InChI=1S/C6H12NO2.ClH.Hg/c1-5(9-3)4-7-6(2)8;;/h5H,1,4H2,2-3H3,(H,7,8);1H;/q;;+1/p-1. The molecule has 0 aromatic rings. The van der Waals surface area contributed by atoms with Crippen molar-refractivity contribution in [3.05, 3.63) is 0 Å². The monoisotopic (exact) mass is 367 g/mol. The maximum absolute atomic E-state index is 10.5. The van der Waals surface area contributed by atoms with Gasteiger partial charge in [-0.1, -0.05) is 0 Å². The van der Waals surface area contributed by atoms with E-state index in [1.54, 1.807) is 7.11 Å². The number of carbonyl (C=O) groups excluding carboxylic acids is 1. The van der Waals surface area contributed by atoms with Crippen molar-refractivity contribution >= 4 is 14.2 Å². The van der Waals surface area contributed by atoms with Crippen LogP contribution in [0.5, 0.6) is 0 Å². The van der Waals surface area contributed by atoms with Crippen molar-refractivity contribution in [3.63, 3.8) is 0 Å². The molecule has 0 saturated carbocycles. The fourth-order valence-electron chi connectivity index (χ4n) is 0.683. The summed E-state index contributed by atoms with van der Waals surface area (Å²) in [7, 11) is 7.37. The molecule has 5 heteroatoms. The molecular formula is C6H12ClHgNO2. The zero-order chi connectivity index (χ0) is 8.69. The van der Waals surface area contributed by atoms with Gasteiger partial charge in [-0.3, -0.25) is 0 Å². The number of hydrogen-bond acceptors (Lipinski definition) is 2. The third kappa shape index (κ3) is 7.03. The topological polar surface area (TPSA) is 38.3 Å². The molecule has 11 heavy (non-hydrogen) atoms. The van der Waals surface area contributed by atoms with Crippen LogP contribution in [-0.4, -0.2) is 25.7 Å². The average Bonchev–Trinajstić information content (AvgIpc) is 1.97. The van der Waals surface area contributed by atoms with Crippen LogP contribution >= 0.6 is 8.25 Å². The Bertz CT molecular complexity index is 123. The zero-order valence-corrected chi connectivity index (χ0v) is 13.1. The molecule has 1 N–H and O–H groups in total. The Balaban J connectivity index is 3.43. The first kappa shape index (κ1) is 11.7. The van der Waals surface area contributed by atoms with E-state index in [9.17, 15) is 4.79 Å². The summed E-state index contributed by atoms with van der Waals surface area (Å²) >= 11 is -1.12. The van der Waals surface area contributed by atoms with Crippen molar-refractivity contribution in [1.82, 2.24) is 5.32 Å². The second-order valence-corrected chi connectivity index (χ2v) is 9.30. The van der Waals surface area contributed by atoms with Gasteiger partial charge in [0.2, 0.25) is 0 Å². The minimum atomic E-state index is -1.12. The molecule has 0 aromatic heterocycles. The van der Waals surface area contributed by atoms with Crippen LogP contribution in [0.25, 0.3) is 0 Å². The number of halogens is 1. The van der Waals surface area contributed by atoms with E-state index >= 15 is 0 Å². The van der Waals surface area contributed by atoms with E-state index in [-0.39, 0.29) is 12.0 Å². The molecule has 0 aliphatic heterocycles. The minimum absolute atomic E-state index is 0.0155. The quantitative estimate of drug-likeness (QED) is 0.731. The Labute approximate surface area is 82.7 Å². The van der Waals surface area contributed by atoms with E-state index in [2.05, 4.69) is 5.32 Å². The van der Waals surface area contributed by atoms with Gasteiger partial charge in [-0.05, 0) is 0 Å². The van der Waals surface area contributed by atoms with Crippen molar-refractivity contribution in [2.24, 2.45) is 0 Å². The number of methoxy groups -OCH3 is 1. The van der Waals surface area contributed by atoms with Crippen molar-refractivity contribution < 1.29 is 32.9 Å². The Morgan fingerprint density at radius 2 is 2.45 bits per heavy atom. The van der Waals surface area contributed by atoms with E-state index in [1.165, 1.54) is 6.92 Å². The summed E-state index contributed by atoms with van der Waals surface area (Å²) < 4.78 is 6.08. The van der Waals surface area contributed by atoms with Gasteiger partial charge in [0.15, 0.2) is 0 Å². The molecule has 3 nitrogen and oxygen atoms in total. The first-order chi connectivity index (χ1) is 5.20. The number of ether oxygens (including phenoxy) is 1. The second kappa shape index (κ2) is 7.31. The van der Waals surface area contributed by atoms with Gasteiger partial charge in [0.05, 0.1) is 0 Å². The molecule has 0 aliphatic carbocycles. The fourth-order valence-corrected chi connectivity index (χ4v) is 5.47. The summed E-state index contributed by atoms with van der Waals surface area (Å²) in [6.45, 7) is 2.09. The van der Waals surface area contributed by atoms with Crippen LogP contribution in [0.3, 0.4) is 0 Å². The first-order valence-electron chi connectivity index (χ1n) is 3.54. The fraction of sp³-hybridized carbons (Fsp3) is 0.833. The molecule has 0 aromatic carbocycles. The Morgan fingerprint density at radius 1 is 1.82 bits per heavy atom. The van der Waals surface area contributed by atoms with Crippen LogP contribution < -0.4 is 5.32 Å². The summed E-state index contributed by atoms with van der Waals surface area (Å²) in [5.41, 5.74) is 0. The van der Waals surface area contributed by atoms with Crippen molar-refractivity contribution in [2.75, 3.05) is 13.7 Å². The van der Waals surface area contributed by atoms with E-state index < -0.39 is 23.3 Å². The Hall–Kier alpha value is 0.655. The molecule has 0 bridgehead atoms. The van der Waals surface area contributed by atoms with Crippen LogP contribution in [0.4, 0.5) is 0 Å². The molecule has 0 radical (unpaired) electrons. The molecule has 0 aliphatic rings. The van der Waals surface area contributed by atoms with Crippen LogP contribution in [0.2, 0.25) is 3.93 Å². The number of nitrogens with one attached hydrogen (secondary N) is 1. The second-order valence-electron chi connectivity index (χ2n) is 2.27. The van der Waals surface area contributed by atoms with Gasteiger partial charge in [-0.15, -0.1) is 0 Å². The van der Waals surface area contributed by atoms with Gasteiger partial charge in [0, 0.05) is 0 Å². The summed E-state index contributed by atoms with van der Waals surface area (Å²) in [5.74, 6) is -0.0155. The molecule has 0 rings (SSSR count). The molecule has 0 spiro atoms. The maximum atomic E-state index is 10.5. The molecule has 1 unspecified atom stereocenters. The van der Waals surface area contributed by atoms with Crippen LogP contribution in [0, 0.1) is 0 Å². The van der Waals surface area contributed by atoms with Gasteiger partial charge in [-0.2, -0.15) is 0 Å². The van der Waals surface area contributed by atoms with Gasteiger partial charge < -0.3 is 0 Å². The first-order valence-corrected chi connectivity index (χ1v) is 14.2. The molecular weight excluding hydrogens is 354 g/mol. The zero-order valence-electron chi connectivity index (χ0n) is 6.89. The van der Waals surface area contributed by atoms with Crippen molar-refractivity contribution in [1.29, 1.82) is 0 Å². The summed E-state index contributed by atoms with van der Waals surface area (Å²) in [6, 6.07) is 0. The van der Waals surface area contributed by atoms with Gasteiger partial charge in [-0.25, -0.2) is 0 Å². The summed E-state index contributed by atoms with van der Waals surface area (Å²) in [4.78, 5) is 10.5. The van der Waals surface area contributed by atoms with Crippen LogP contribution in [0.15, 0.2) is 0 Å². The van der Waals surface area contributed by atoms with Gasteiger partial charge in [0.25, 0.3) is 0 Å². The normalized spacial score (nSPS) is 11.9. The predicted molar refractivity (Wildman–Crippen MR) is 40.1 cm³/mol. The Morgan fingerprint density at radius 3 is 2.82 bits per heavy atom. The number of hydrogen-bond donors (Lipinski definition) is 1. The SMILES string of the molecule is COC(CNC(C)=O)[CH2][Hg][Cl]. The van der Waals surface area contributed by atoms with Crippen LogP contribution in [-0.2, 0) is 32.9 Å². The molecule has 0 heterocycles. The molecule has 62 valence electrons. The van der Waals surface area contributed by atoms with Crippen molar-refractivity contribution in [3.8, 4) is 0 Å². The number of rotatable bonds is 5.